The van der Waals surface area contributed by atoms with Crippen LogP contribution in [0.1, 0.15) is 24.8 Å². The second-order valence-electron chi connectivity index (χ2n) is 4.97. The maximum absolute atomic E-state index is 10.4. The Kier molecular flexibility index (Phi) is 5.43. The average Bonchev–Trinajstić information content (AvgIpc) is 2.47. The van der Waals surface area contributed by atoms with E-state index < -0.39 is 5.97 Å². The van der Waals surface area contributed by atoms with Crippen LogP contribution in [0.4, 0.5) is 5.69 Å². The number of benzene rings is 1. The zero-order chi connectivity index (χ0) is 15.2. The fourth-order valence-corrected chi connectivity index (χ4v) is 2.60. The van der Waals surface area contributed by atoms with Crippen molar-refractivity contribution >= 4 is 23.3 Å². The van der Waals surface area contributed by atoms with Crippen molar-refractivity contribution in [3.8, 4) is 6.07 Å². The lowest BCUT2D eigenvalue weighted by Gasteiger charge is -2.34. The van der Waals surface area contributed by atoms with E-state index in [0.717, 1.165) is 31.6 Å². The summed E-state index contributed by atoms with van der Waals surface area (Å²) in [5, 5.41) is 18.4. The number of ether oxygens (including phenoxy) is 1. The lowest BCUT2D eigenvalue weighted by molar-refractivity contribution is -0.138. The summed E-state index contributed by atoms with van der Waals surface area (Å²) < 4.78 is 5.56. The average molecular weight is 309 g/mol. The first-order chi connectivity index (χ1) is 10.1. The Morgan fingerprint density at radius 3 is 2.81 bits per heavy atom. The lowest BCUT2D eigenvalue weighted by atomic mass is 10.1. The summed E-state index contributed by atoms with van der Waals surface area (Å²) in [6.45, 7) is 1.79. The predicted octanol–water partition coefficient (Wildman–Crippen LogP) is 2.67. The molecule has 0 atom stereocenters. The fraction of sp³-hybridized carbons (Fsp3) is 0.467. The molecule has 1 aromatic carbocycles. The number of hydrogen-bond acceptors (Lipinski definition) is 4. The van der Waals surface area contributed by atoms with Gasteiger partial charge in [0.2, 0.25) is 0 Å². The van der Waals surface area contributed by atoms with Crippen molar-refractivity contribution in [2.45, 2.75) is 25.4 Å². The van der Waals surface area contributed by atoms with Crippen LogP contribution in [-0.2, 0) is 9.53 Å². The molecule has 0 aromatic heterocycles. The van der Waals surface area contributed by atoms with Gasteiger partial charge in [-0.3, -0.25) is 4.79 Å². The molecule has 0 bridgehead atoms. The van der Waals surface area contributed by atoms with Gasteiger partial charge in [-0.1, -0.05) is 11.6 Å². The first-order valence-corrected chi connectivity index (χ1v) is 7.26. The number of halogens is 1. The van der Waals surface area contributed by atoms with Gasteiger partial charge in [-0.2, -0.15) is 5.26 Å². The van der Waals surface area contributed by atoms with Gasteiger partial charge in [0.25, 0.3) is 0 Å². The minimum atomic E-state index is -0.843. The molecule has 0 amide bonds. The summed E-state index contributed by atoms with van der Waals surface area (Å²) in [5.74, 6) is -0.843. The minimum Gasteiger partial charge on any atom is -0.481 e. The molecule has 1 heterocycles. The van der Waals surface area contributed by atoms with Gasteiger partial charge in [-0.15, -0.1) is 0 Å². The van der Waals surface area contributed by atoms with Crippen LogP contribution >= 0.6 is 11.6 Å². The van der Waals surface area contributed by atoms with Crippen molar-refractivity contribution in [3.63, 3.8) is 0 Å². The monoisotopic (exact) mass is 308 g/mol. The highest BCUT2D eigenvalue weighted by atomic mass is 35.5. The molecule has 0 spiro atoms. The van der Waals surface area contributed by atoms with Gasteiger partial charge in [-0.05, 0) is 31.0 Å². The van der Waals surface area contributed by atoms with E-state index in [-0.39, 0.29) is 19.1 Å². The molecule has 2 rings (SSSR count). The van der Waals surface area contributed by atoms with Crippen LogP contribution in [0, 0.1) is 11.3 Å². The first-order valence-electron chi connectivity index (χ1n) is 6.88. The SMILES string of the molecule is N#Cc1ccc(Cl)cc1N1CCC(OCCC(=O)O)CC1. The van der Waals surface area contributed by atoms with E-state index in [1.165, 1.54) is 0 Å². The number of nitrogens with zero attached hydrogens (tertiary/aromatic N) is 2. The Hall–Kier alpha value is -1.77. The van der Waals surface area contributed by atoms with Crippen LogP contribution in [0.5, 0.6) is 0 Å². The number of aliphatic carboxylic acids is 1. The topological polar surface area (TPSA) is 73.6 Å². The third-order valence-corrected chi connectivity index (χ3v) is 3.77. The molecule has 1 fully saturated rings. The number of hydrogen-bond donors (Lipinski definition) is 1. The Bertz CT molecular complexity index is 548. The van der Waals surface area contributed by atoms with E-state index in [9.17, 15) is 4.79 Å². The normalized spacial score (nSPS) is 15.7. The summed E-state index contributed by atoms with van der Waals surface area (Å²) in [6.07, 6.45) is 1.76. The zero-order valence-electron chi connectivity index (χ0n) is 11.6. The van der Waals surface area contributed by atoms with Gasteiger partial charge in [0.05, 0.1) is 30.4 Å². The Balaban J connectivity index is 1.91. The molecular weight excluding hydrogens is 292 g/mol. The molecule has 1 aliphatic rings. The van der Waals surface area contributed by atoms with E-state index in [4.69, 9.17) is 26.7 Å². The summed E-state index contributed by atoms with van der Waals surface area (Å²) >= 11 is 6.00. The summed E-state index contributed by atoms with van der Waals surface area (Å²) in [6, 6.07) is 7.44. The van der Waals surface area contributed by atoms with E-state index in [1.807, 2.05) is 6.07 Å². The van der Waals surface area contributed by atoms with Gasteiger partial charge >= 0.3 is 5.97 Å². The number of anilines is 1. The Morgan fingerprint density at radius 2 is 2.19 bits per heavy atom. The standard InChI is InChI=1S/C15H17ClN2O3/c16-12-2-1-11(10-17)14(9-12)18-6-3-13(4-7-18)21-8-5-15(19)20/h1-2,9,13H,3-8H2,(H,19,20). The Morgan fingerprint density at radius 1 is 1.48 bits per heavy atom. The summed E-state index contributed by atoms with van der Waals surface area (Å²) in [7, 11) is 0. The number of carboxylic acid groups (broad SMARTS) is 1. The third kappa shape index (κ3) is 4.35. The zero-order valence-corrected chi connectivity index (χ0v) is 12.3. The van der Waals surface area contributed by atoms with Crippen LogP contribution in [0.25, 0.3) is 0 Å². The van der Waals surface area contributed by atoms with Crippen molar-refractivity contribution < 1.29 is 14.6 Å². The van der Waals surface area contributed by atoms with Crippen LogP contribution in [-0.4, -0.2) is 36.9 Å². The van der Waals surface area contributed by atoms with E-state index >= 15 is 0 Å². The van der Waals surface area contributed by atoms with Crippen molar-refractivity contribution in [1.82, 2.24) is 0 Å². The lowest BCUT2D eigenvalue weighted by Crippen LogP contribution is -2.37. The van der Waals surface area contributed by atoms with Crippen molar-refractivity contribution in [2.75, 3.05) is 24.6 Å². The number of rotatable bonds is 5. The van der Waals surface area contributed by atoms with E-state index in [1.54, 1.807) is 12.1 Å². The first kappa shape index (κ1) is 15.6. The number of piperidine rings is 1. The maximum atomic E-state index is 10.4. The van der Waals surface area contributed by atoms with Gasteiger partial charge < -0.3 is 14.7 Å². The van der Waals surface area contributed by atoms with Crippen LogP contribution in [0.2, 0.25) is 5.02 Å². The van der Waals surface area contributed by atoms with Gasteiger partial charge in [0.1, 0.15) is 6.07 Å². The number of carbonyl (C=O) groups is 1. The maximum Gasteiger partial charge on any atom is 0.305 e. The molecular formula is C15H17ClN2O3. The van der Waals surface area contributed by atoms with Crippen molar-refractivity contribution in [3.05, 3.63) is 28.8 Å². The second-order valence-corrected chi connectivity index (χ2v) is 5.41. The fourth-order valence-electron chi connectivity index (χ4n) is 2.44. The molecule has 0 aliphatic carbocycles. The third-order valence-electron chi connectivity index (χ3n) is 3.53. The molecule has 1 saturated heterocycles. The minimum absolute atomic E-state index is 0.0348. The largest absolute Gasteiger partial charge is 0.481 e. The van der Waals surface area contributed by atoms with Crippen LogP contribution in [0.15, 0.2) is 18.2 Å². The molecule has 6 heteroatoms. The highest BCUT2D eigenvalue weighted by molar-refractivity contribution is 6.30. The number of carboxylic acids is 1. The molecule has 112 valence electrons. The molecule has 0 saturated carbocycles. The van der Waals surface area contributed by atoms with Crippen molar-refractivity contribution in [1.29, 1.82) is 5.26 Å². The quantitative estimate of drug-likeness (QED) is 0.905. The van der Waals surface area contributed by atoms with Gasteiger partial charge in [0, 0.05) is 18.1 Å². The van der Waals surface area contributed by atoms with Gasteiger partial charge in [-0.25, -0.2) is 0 Å². The van der Waals surface area contributed by atoms with E-state index in [2.05, 4.69) is 11.0 Å². The molecule has 0 radical (unpaired) electrons. The van der Waals surface area contributed by atoms with Gasteiger partial charge in [0.15, 0.2) is 0 Å². The molecule has 1 N–H and O–H groups in total. The number of nitriles is 1. The smallest absolute Gasteiger partial charge is 0.305 e. The van der Waals surface area contributed by atoms with Crippen LogP contribution in [0.3, 0.4) is 0 Å². The molecule has 21 heavy (non-hydrogen) atoms. The summed E-state index contributed by atoms with van der Waals surface area (Å²) in [5.41, 5.74) is 1.47. The summed E-state index contributed by atoms with van der Waals surface area (Å²) in [4.78, 5) is 12.6. The predicted molar refractivity (Wildman–Crippen MR) is 79.6 cm³/mol. The molecule has 5 nitrogen and oxygen atoms in total. The molecule has 1 aromatic rings. The van der Waals surface area contributed by atoms with Crippen LogP contribution < -0.4 is 4.90 Å². The highest BCUT2D eigenvalue weighted by Gasteiger charge is 2.22. The molecule has 0 unspecified atom stereocenters. The molecule has 1 aliphatic heterocycles. The van der Waals surface area contributed by atoms with Crippen molar-refractivity contribution in [2.24, 2.45) is 0 Å². The second kappa shape index (κ2) is 7.30. The Labute approximate surface area is 128 Å². The van der Waals surface area contributed by atoms with E-state index in [0.29, 0.717) is 10.6 Å². The highest BCUT2D eigenvalue weighted by Crippen LogP contribution is 2.27.